The molecule has 1 saturated carbocycles. The number of hydrogen-bond acceptors (Lipinski definition) is 7. The van der Waals surface area contributed by atoms with Gasteiger partial charge in [0, 0.05) is 22.0 Å². The van der Waals surface area contributed by atoms with Crippen LogP contribution in [0.4, 0.5) is 10.5 Å². The second kappa shape index (κ2) is 8.31. The maximum Gasteiger partial charge on any atom is 0.412 e. The van der Waals surface area contributed by atoms with Crippen LogP contribution >= 0.6 is 23.1 Å². The molecule has 1 aliphatic carbocycles. The molecule has 2 N–H and O–H groups in total. The Labute approximate surface area is 196 Å². The molecule has 0 bridgehead atoms. The van der Waals surface area contributed by atoms with E-state index in [1.54, 1.807) is 41.8 Å². The van der Waals surface area contributed by atoms with Crippen LogP contribution in [0.1, 0.15) is 35.6 Å². The number of fused-ring (bicyclic) bond motifs is 1. The van der Waals surface area contributed by atoms with Crippen molar-refractivity contribution in [2.75, 3.05) is 5.32 Å². The molecule has 1 fully saturated rings. The number of aromatic nitrogens is 1. The average molecular weight is 483 g/mol. The lowest BCUT2D eigenvalue weighted by molar-refractivity contribution is -0.140. The summed E-state index contributed by atoms with van der Waals surface area (Å²) in [5.41, 5.74) is 0.520. The van der Waals surface area contributed by atoms with Crippen molar-refractivity contribution < 1.29 is 28.3 Å². The summed E-state index contributed by atoms with van der Waals surface area (Å²) in [5.74, 6) is 5.74. The highest BCUT2D eigenvalue weighted by Crippen LogP contribution is 2.50. The third-order valence-corrected chi connectivity index (χ3v) is 6.27. The molecule has 5 rings (SSSR count). The van der Waals surface area contributed by atoms with Crippen molar-refractivity contribution >= 4 is 52.0 Å². The van der Waals surface area contributed by atoms with Crippen molar-refractivity contribution in [2.24, 2.45) is 0 Å². The third kappa shape index (κ3) is 4.18. The molecule has 0 spiro atoms. The van der Waals surface area contributed by atoms with E-state index in [9.17, 15) is 14.7 Å². The minimum atomic E-state index is -0.936. The Morgan fingerprint density at radius 1 is 1.24 bits per heavy atom. The largest absolute Gasteiger partial charge is 0.480 e. The number of furan rings is 2. The summed E-state index contributed by atoms with van der Waals surface area (Å²) in [7, 11) is 0. The van der Waals surface area contributed by atoms with Crippen molar-refractivity contribution in [3.05, 3.63) is 69.6 Å². The first-order valence-corrected chi connectivity index (χ1v) is 11.1. The van der Waals surface area contributed by atoms with Crippen LogP contribution in [0.2, 0.25) is 5.02 Å². The topological polar surface area (TPSA) is 115 Å². The summed E-state index contributed by atoms with van der Waals surface area (Å²) in [5, 5.41) is 14.8. The van der Waals surface area contributed by atoms with E-state index in [0.717, 1.165) is 11.5 Å². The number of carbonyl (C=O) groups excluding carboxylic acids is 1. The molecule has 33 heavy (non-hydrogen) atoms. The van der Waals surface area contributed by atoms with Gasteiger partial charge >= 0.3 is 12.1 Å². The standard InChI is InChI=1S/C23H15ClN2O6S/c24-16-4-2-1-3-13(16)11-30-22(29)25-18-12-33-26-17(18)6-5-15-9-14-10-19(32-20(14)31-15)23(7-8-23)21(27)28/h1-4,9-10,12H,7-8,11H2,(H,25,29)(H,27,28). The zero-order chi connectivity index (χ0) is 23.0. The van der Waals surface area contributed by atoms with Crippen LogP contribution in [0, 0.1) is 11.8 Å². The summed E-state index contributed by atoms with van der Waals surface area (Å²) in [6, 6.07) is 10.4. The molecule has 0 aliphatic heterocycles. The fourth-order valence-corrected chi connectivity index (χ4v) is 4.04. The van der Waals surface area contributed by atoms with Crippen LogP contribution in [0.25, 0.3) is 11.2 Å². The minimum absolute atomic E-state index is 0.0285. The number of hydrogen-bond donors (Lipinski definition) is 2. The Morgan fingerprint density at radius 2 is 2.06 bits per heavy atom. The normalized spacial score (nSPS) is 13.8. The van der Waals surface area contributed by atoms with E-state index in [1.165, 1.54) is 0 Å². The fraction of sp³-hybridized carbons (Fsp3) is 0.174. The number of ether oxygens (including phenoxy) is 1. The van der Waals surface area contributed by atoms with E-state index in [1.807, 2.05) is 0 Å². The first-order valence-electron chi connectivity index (χ1n) is 9.85. The lowest BCUT2D eigenvalue weighted by atomic mass is 10.0. The number of carboxylic acid groups (broad SMARTS) is 1. The first-order chi connectivity index (χ1) is 15.9. The average Bonchev–Trinajstić information content (AvgIpc) is 3.11. The lowest BCUT2D eigenvalue weighted by Crippen LogP contribution is -2.18. The molecule has 166 valence electrons. The maximum absolute atomic E-state index is 12.1. The Balaban J connectivity index is 1.26. The monoisotopic (exact) mass is 482 g/mol. The van der Waals surface area contributed by atoms with E-state index in [2.05, 4.69) is 21.5 Å². The second-order valence-electron chi connectivity index (χ2n) is 7.47. The maximum atomic E-state index is 12.1. The minimum Gasteiger partial charge on any atom is -0.480 e. The SMILES string of the molecule is O=C(Nc1csnc1C#Cc1cc2cc(C3(C(=O)O)CC3)oc2o1)OCc1ccccc1Cl. The molecule has 0 unspecified atom stereocenters. The molecule has 8 nitrogen and oxygen atoms in total. The molecular formula is C23H15ClN2O6S. The van der Waals surface area contributed by atoms with Crippen molar-refractivity contribution in [1.29, 1.82) is 0 Å². The van der Waals surface area contributed by atoms with E-state index >= 15 is 0 Å². The number of amides is 1. The molecular weight excluding hydrogens is 468 g/mol. The zero-order valence-electron chi connectivity index (χ0n) is 16.9. The van der Waals surface area contributed by atoms with Gasteiger partial charge in [-0.15, -0.1) is 0 Å². The van der Waals surface area contributed by atoms with Crippen LogP contribution in [0.15, 0.2) is 50.6 Å². The van der Waals surface area contributed by atoms with Crippen LogP contribution < -0.4 is 5.32 Å². The molecule has 4 aromatic rings. The summed E-state index contributed by atoms with van der Waals surface area (Å²) >= 11 is 7.20. The van der Waals surface area contributed by atoms with E-state index in [0.29, 0.717) is 51.7 Å². The van der Waals surface area contributed by atoms with E-state index < -0.39 is 17.5 Å². The highest BCUT2D eigenvalue weighted by atomic mass is 35.5. The van der Waals surface area contributed by atoms with Gasteiger partial charge in [-0.3, -0.25) is 10.1 Å². The van der Waals surface area contributed by atoms with Gasteiger partial charge in [-0.05, 0) is 48.3 Å². The molecule has 1 aromatic carbocycles. The van der Waals surface area contributed by atoms with Gasteiger partial charge in [-0.1, -0.05) is 29.8 Å². The number of carboxylic acids is 1. The number of rotatable bonds is 5. The fourth-order valence-electron chi connectivity index (χ4n) is 3.27. The quantitative estimate of drug-likeness (QED) is 0.366. The smallest absolute Gasteiger partial charge is 0.412 e. The number of nitrogens with one attached hydrogen (secondary N) is 1. The third-order valence-electron chi connectivity index (χ3n) is 5.27. The Hall–Kier alpha value is -3.74. The molecule has 10 heteroatoms. The van der Waals surface area contributed by atoms with Crippen LogP contribution in [-0.2, 0) is 21.6 Å². The molecule has 3 heterocycles. The predicted molar refractivity (Wildman–Crippen MR) is 120 cm³/mol. The summed E-state index contributed by atoms with van der Waals surface area (Å²) in [4.78, 5) is 23.6. The predicted octanol–water partition coefficient (Wildman–Crippen LogP) is 5.40. The van der Waals surface area contributed by atoms with Gasteiger partial charge in [0.2, 0.25) is 0 Å². The van der Waals surface area contributed by atoms with Crippen LogP contribution in [-0.4, -0.2) is 21.5 Å². The van der Waals surface area contributed by atoms with Gasteiger partial charge < -0.3 is 18.7 Å². The molecule has 1 amide bonds. The number of nitrogens with zero attached hydrogens (tertiary/aromatic N) is 1. The van der Waals surface area contributed by atoms with Crippen molar-refractivity contribution in [2.45, 2.75) is 24.9 Å². The summed E-state index contributed by atoms with van der Waals surface area (Å²) in [6.45, 7) is 0.0285. The molecule has 1 aliphatic rings. The van der Waals surface area contributed by atoms with Gasteiger partial charge in [0.05, 0.1) is 11.1 Å². The van der Waals surface area contributed by atoms with Crippen LogP contribution in [0.3, 0.4) is 0 Å². The van der Waals surface area contributed by atoms with Crippen molar-refractivity contribution in [1.82, 2.24) is 4.37 Å². The van der Waals surface area contributed by atoms with Crippen molar-refractivity contribution in [3.8, 4) is 11.8 Å². The van der Waals surface area contributed by atoms with Crippen LogP contribution in [0.5, 0.6) is 0 Å². The van der Waals surface area contributed by atoms with Gasteiger partial charge in [-0.2, -0.15) is 4.37 Å². The Kier molecular flexibility index (Phi) is 5.32. The van der Waals surface area contributed by atoms with E-state index in [4.69, 9.17) is 25.2 Å². The van der Waals surface area contributed by atoms with Gasteiger partial charge in [-0.25, -0.2) is 4.79 Å². The Morgan fingerprint density at radius 3 is 2.79 bits per heavy atom. The van der Waals surface area contributed by atoms with Crippen molar-refractivity contribution in [3.63, 3.8) is 0 Å². The summed E-state index contributed by atoms with van der Waals surface area (Å²) in [6.07, 6.45) is 0.436. The number of aliphatic carboxylic acids is 1. The van der Waals surface area contributed by atoms with Gasteiger partial charge in [0.1, 0.15) is 17.8 Å². The number of anilines is 1. The van der Waals surface area contributed by atoms with Gasteiger partial charge in [0.15, 0.2) is 11.5 Å². The first kappa shape index (κ1) is 21.1. The number of benzene rings is 1. The zero-order valence-corrected chi connectivity index (χ0v) is 18.5. The van der Waals surface area contributed by atoms with Gasteiger partial charge in [0.25, 0.3) is 5.78 Å². The second-order valence-corrected chi connectivity index (χ2v) is 8.51. The number of halogens is 1. The van der Waals surface area contributed by atoms with E-state index in [-0.39, 0.29) is 12.4 Å². The molecule has 0 radical (unpaired) electrons. The molecule has 0 atom stereocenters. The Bertz CT molecular complexity index is 1400. The lowest BCUT2D eigenvalue weighted by Gasteiger charge is -2.07. The molecule has 3 aromatic heterocycles. The summed E-state index contributed by atoms with van der Waals surface area (Å²) < 4.78 is 20.6. The highest BCUT2D eigenvalue weighted by molar-refractivity contribution is 7.04. The highest BCUT2D eigenvalue weighted by Gasteiger charge is 2.54. The number of carbonyl (C=O) groups is 2. The molecule has 0 saturated heterocycles.